The van der Waals surface area contributed by atoms with Crippen molar-refractivity contribution in [3.05, 3.63) is 23.8 Å². The Morgan fingerprint density at radius 2 is 2.00 bits per heavy atom. The minimum Gasteiger partial charge on any atom is -0.486 e. The lowest BCUT2D eigenvalue weighted by Crippen LogP contribution is -2.37. The van der Waals surface area contributed by atoms with Crippen LogP contribution in [0.25, 0.3) is 0 Å². The standard InChI is InChI=1S/C19H27NO4/c1-19(2,13-20-18(21)8-6-15-4-3-9-22-15)14-5-7-16-17(12-14)24-11-10-23-16/h5,7,12,15H,3-4,6,8-11,13H2,1-2H3,(H,20,21). The zero-order valence-electron chi connectivity index (χ0n) is 14.6. The third kappa shape index (κ3) is 4.20. The van der Waals surface area contributed by atoms with Gasteiger partial charge >= 0.3 is 0 Å². The number of fused-ring (bicyclic) bond motifs is 1. The summed E-state index contributed by atoms with van der Waals surface area (Å²) in [6, 6.07) is 6.02. The molecule has 5 heteroatoms. The van der Waals surface area contributed by atoms with Gasteiger partial charge in [-0.3, -0.25) is 4.79 Å². The van der Waals surface area contributed by atoms with Crippen LogP contribution < -0.4 is 14.8 Å². The maximum absolute atomic E-state index is 12.1. The number of nitrogens with one attached hydrogen (secondary N) is 1. The van der Waals surface area contributed by atoms with Crippen LogP contribution >= 0.6 is 0 Å². The van der Waals surface area contributed by atoms with E-state index in [-0.39, 0.29) is 17.4 Å². The van der Waals surface area contributed by atoms with Crippen LogP contribution in [0.2, 0.25) is 0 Å². The highest BCUT2D eigenvalue weighted by molar-refractivity contribution is 5.76. The van der Waals surface area contributed by atoms with E-state index in [0.717, 1.165) is 42.9 Å². The van der Waals surface area contributed by atoms with Gasteiger partial charge in [-0.25, -0.2) is 0 Å². The van der Waals surface area contributed by atoms with E-state index in [1.165, 1.54) is 0 Å². The summed E-state index contributed by atoms with van der Waals surface area (Å²) >= 11 is 0. The van der Waals surface area contributed by atoms with E-state index in [1.807, 2.05) is 18.2 Å². The molecule has 2 aliphatic rings. The third-order valence-corrected chi connectivity index (χ3v) is 4.77. The van der Waals surface area contributed by atoms with Gasteiger partial charge in [0.05, 0.1) is 6.10 Å². The number of amides is 1. The van der Waals surface area contributed by atoms with E-state index in [4.69, 9.17) is 14.2 Å². The predicted octanol–water partition coefficient (Wildman–Crippen LogP) is 2.81. The summed E-state index contributed by atoms with van der Waals surface area (Å²) in [6.07, 6.45) is 3.80. The Kier molecular flexibility index (Phi) is 5.29. The van der Waals surface area contributed by atoms with Crippen molar-refractivity contribution in [2.45, 2.75) is 51.0 Å². The van der Waals surface area contributed by atoms with Crippen LogP contribution in [0.5, 0.6) is 11.5 Å². The molecule has 1 fully saturated rings. The van der Waals surface area contributed by atoms with Crippen LogP contribution in [0.1, 0.15) is 45.1 Å². The molecule has 1 N–H and O–H groups in total. The molecule has 24 heavy (non-hydrogen) atoms. The number of carbonyl (C=O) groups is 1. The van der Waals surface area contributed by atoms with Crippen molar-refractivity contribution in [3.8, 4) is 11.5 Å². The molecule has 0 radical (unpaired) electrons. The summed E-state index contributed by atoms with van der Waals surface area (Å²) in [7, 11) is 0. The molecule has 1 saturated heterocycles. The smallest absolute Gasteiger partial charge is 0.220 e. The van der Waals surface area contributed by atoms with Gasteiger partial charge in [0, 0.05) is 25.0 Å². The third-order valence-electron chi connectivity index (χ3n) is 4.77. The molecule has 132 valence electrons. The number of benzene rings is 1. The summed E-state index contributed by atoms with van der Waals surface area (Å²) in [5.41, 5.74) is 0.959. The summed E-state index contributed by atoms with van der Waals surface area (Å²) in [4.78, 5) is 12.1. The van der Waals surface area contributed by atoms with Crippen LogP contribution in [0.3, 0.4) is 0 Å². The molecule has 5 nitrogen and oxygen atoms in total. The fraction of sp³-hybridized carbons (Fsp3) is 0.632. The summed E-state index contributed by atoms with van der Waals surface area (Å²) in [5, 5.41) is 3.06. The molecule has 0 bridgehead atoms. The maximum atomic E-state index is 12.1. The van der Waals surface area contributed by atoms with Gasteiger partial charge in [-0.15, -0.1) is 0 Å². The fourth-order valence-electron chi connectivity index (χ4n) is 3.14. The van der Waals surface area contributed by atoms with Crippen LogP contribution in [0.15, 0.2) is 18.2 Å². The minimum atomic E-state index is -0.171. The summed E-state index contributed by atoms with van der Waals surface area (Å²) in [5.74, 6) is 1.68. The Bertz CT molecular complexity index is 579. The van der Waals surface area contributed by atoms with Gasteiger partial charge in [0.15, 0.2) is 11.5 Å². The lowest BCUT2D eigenvalue weighted by atomic mass is 9.84. The van der Waals surface area contributed by atoms with Crippen LogP contribution in [0.4, 0.5) is 0 Å². The van der Waals surface area contributed by atoms with Gasteiger partial charge < -0.3 is 19.5 Å². The van der Waals surface area contributed by atoms with Gasteiger partial charge in [0.1, 0.15) is 13.2 Å². The molecule has 1 aromatic rings. The first kappa shape index (κ1) is 17.1. The highest BCUT2D eigenvalue weighted by Gasteiger charge is 2.24. The molecule has 1 atom stereocenters. The quantitative estimate of drug-likeness (QED) is 0.870. The van der Waals surface area contributed by atoms with Gasteiger partial charge in [-0.2, -0.15) is 0 Å². The maximum Gasteiger partial charge on any atom is 0.220 e. The van der Waals surface area contributed by atoms with Crippen molar-refractivity contribution in [3.63, 3.8) is 0 Å². The zero-order valence-corrected chi connectivity index (χ0v) is 14.6. The Morgan fingerprint density at radius 3 is 2.75 bits per heavy atom. The second-order valence-electron chi connectivity index (χ2n) is 7.19. The number of ether oxygens (including phenoxy) is 3. The molecule has 1 unspecified atom stereocenters. The SMILES string of the molecule is CC(C)(CNC(=O)CCC1CCCO1)c1ccc2c(c1)OCCO2. The molecule has 2 heterocycles. The predicted molar refractivity (Wildman–Crippen MR) is 91.7 cm³/mol. The molecule has 0 aromatic heterocycles. The Morgan fingerprint density at radius 1 is 1.21 bits per heavy atom. The van der Waals surface area contributed by atoms with Crippen LogP contribution in [-0.2, 0) is 14.9 Å². The first-order valence-corrected chi connectivity index (χ1v) is 8.83. The molecule has 0 spiro atoms. The number of hydrogen-bond acceptors (Lipinski definition) is 4. The van der Waals surface area contributed by atoms with Gasteiger partial charge in [-0.05, 0) is 37.0 Å². The van der Waals surface area contributed by atoms with Gasteiger partial charge in [-0.1, -0.05) is 19.9 Å². The van der Waals surface area contributed by atoms with E-state index in [2.05, 4.69) is 19.2 Å². The fourth-order valence-corrected chi connectivity index (χ4v) is 3.14. The minimum absolute atomic E-state index is 0.0936. The second kappa shape index (κ2) is 7.43. The molecule has 0 aliphatic carbocycles. The molecule has 3 rings (SSSR count). The normalized spacial score (nSPS) is 20.0. The average Bonchev–Trinajstić information content (AvgIpc) is 3.11. The largest absolute Gasteiger partial charge is 0.486 e. The molecule has 1 aromatic carbocycles. The molecular formula is C19H27NO4. The highest BCUT2D eigenvalue weighted by Crippen LogP contribution is 2.34. The molecular weight excluding hydrogens is 306 g/mol. The molecule has 0 saturated carbocycles. The van der Waals surface area contributed by atoms with Gasteiger partial charge in [0.25, 0.3) is 0 Å². The van der Waals surface area contributed by atoms with Crippen LogP contribution in [0, 0.1) is 0 Å². The van der Waals surface area contributed by atoms with E-state index in [9.17, 15) is 4.79 Å². The van der Waals surface area contributed by atoms with Crippen LogP contribution in [-0.4, -0.2) is 38.4 Å². The van der Waals surface area contributed by atoms with Gasteiger partial charge in [0.2, 0.25) is 5.91 Å². The van der Waals surface area contributed by atoms with E-state index in [1.54, 1.807) is 0 Å². The highest BCUT2D eigenvalue weighted by atomic mass is 16.6. The Labute approximate surface area is 143 Å². The summed E-state index contributed by atoms with van der Waals surface area (Å²) < 4.78 is 16.8. The molecule has 2 aliphatic heterocycles. The van der Waals surface area contributed by atoms with E-state index < -0.39 is 0 Å². The lowest BCUT2D eigenvalue weighted by molar-refractivity contribution is -0.121. The average molecular weight is 333 g/mol. The monoisotopic (exact) mass is 333 g/mol. The Hall–Kier alpha value is -1.75. The van der Waals surface area contributed by atoms with E-state index in [0.29, 0.717) is 26.2 Å². The molecule has 1 amide bonds. The van der Waals surface area contributed by atoms with Crippen molar-refractivity contribution in [1.82, 2.24) is 5.32 Å². The second-order valence-corrected chi connectivity index (χ2v) is 7.19. The number of hydrogen-bond donors (Lipinski definition) is 1. The lowest BCUT2D eigenvalue weighted by Gasteiger charge is -2.28. The zero-order chi connectivity index (χ0) is 17.0. The van der Waals surface area contributed by atoms with Crippen molar-refractivity contribution in [2.24, 2.45) is 0 Å². The van der Waals surface area contributed by atoms with Crippen molar-refractivity contribution in [2.75, 3.05) is 26.4 Å². The number of rotatable bonds is 6. The first-order chi connectivity index (χ1) is 11.5. The number of carbonyl (C=O) groups excluding carboxylic acids is 1. The first-order valence-electron chi connectivity index (χ1n) is 8.83. The summed E-state index contributed by atoms with van der Waals surface area (Å²) in [6.45, 7) is 6.85. The van der Waals surface area contributed by atoms with Crippen molar-refractivity contribution >= 4 is 5.91 Å². The van der Waals surface area contributed by atoms with Crippen molar-refractivity contribution in [1.29, 1.82) is 0 Å². The Balaban J connectivity index is 1.52. The topological polar surface area (TPSA) is 56.8 Å². The van der Waals surface area contributed by atoms with Crippen molar-refractivity contribution < 1.29 is 19.0 Å². The van der Waals surface area contributed by atoms with E-state index >= 15 is 0 Å².